The van der Waals surface area contributed by atoms with Crippen molar-refractivity contribution in [2.24, 2.45) is 0 Å². The van der Waals surface area contributed by atoms with E-state index in [9.17, 15) is 18.4 Å². The van der Waals surface area contributed by atoms with Crippen LogP contribution in [0.25, 0.3) is 0 Å². The normalized spacial score (nSPS) is 14.5. The zero-order chi connectivity index (χ0) is 24.8. The molecule has 0 aliphatic heterocycles. The highest BCUT2D eigenvalue weighted by Crippen LogP contribution is 2.36. The zero-order valence-electron chi connectivity index (χ0n) is 18.6. The van der Waals surface area contributed by atoms with Crippen molar-refractivity contribution in [2.45, 2.75) is 38.0 Å². The molecule has 1 saturated carbocycles. The third-order valence-corrected chi connectivity index (χ3v) is 5.29. The molecule has 0 spiro atoms. The Kier molecular flexibility index (Phi) is 7.04. The molecule has 0 bridgehead atoms. The molecule has 1 unspecified atom stereocenters. The summed E-state index contributed by atoms with van der Waals surface area (Å²) >= 11 is 0. The van der Waals surface area contributed by atoms with Gasteiger partial charge in [0.25, 0.3) is 0 Å². The van der Waals surface area contributed by atoms with Gasteiger partial charge < -0.3 is 24.8 Å². The predicted octanol–water partition coefficient (Wildman–Crippen LogP) is 4.37. The first-order chi connectivity index (χ1) is 16.8. The summed E-state index contributed by atoms with van der Waals surface area (Å²) in [5.74, 6) is 0.892. The minimum Gasteiger partial charge on any atom is -0.457 e. The standard InChI is InChI=1S/C24H22F2N4O5/c1-15(29-21(31)24(10-11-24)30-23(32)35-20-12-27-14-28-13-20)16-2-4-17(5-3-16)33-18-6-8-19(9-7-18)34-22(25)26/h2-9,12-15,22H,10-11H2,1H3,(H,29,31)(H,30,32). The minimum atomic E-state index is -2.89. The van der Waals surface area contributed by atoms with Crippen molar-refractivity contribution in [3.63, 3.8) is 0 Å². The second-order valence-corrected chi connectivity index (χ2v) is 7.89. The van der Waals surface area contributed by atoms with Gasteiger partial charge in [-0.05, 0) is 61.7 Å². The lowest BCUT2D eigenvalue weighted by Gasteiger charge is -2.21. The minimum absolute atomic E-state index is 0.0394. The Morgan fingerprint density at radius 1 is 0.914 bits per heavy atom. The summed E-state index contributed by atoms with van der Waals surface area (Å²) in [7, 11) is 0. The van der Waals surface area contributed by atoms with Gasteiger partial charge in [0.15, 0.2) is 5.75 Å². The number of rotatable bonds is 9. The highest BCUT2D eigenvalue weighted by molar-refractivity contribution is 5.93. The van der Waals surface area contributed by atoms with Crippen LogP contribution in [-0.2, 0) is 4.79 Å². The van der Waals surface area contributed by atoms with Crippen LogP contribution in [0.15, 0.2) is 67.3 Å². The van der Waals surface area contributed by atoms with E-state index in [0.717, 1.165) is 5.56 Å². The van der Waals surface area contributed by atoms with Crippen molar-refractivity contribution in [1.29, 1.82) is 0 Å². The maximum atomic E-state index is 12.8. The second kappa shape index (κ2) is 10.3. The van der Waals surface area contributed by atoms with Crippen LogP contribution in [0.1, 0.15) is 31.4 Å². The molecule has 1 aliphatic rings. The Morgan fingerprint density at radius 2 is 1.49 bits per heavy atom. The van der Waals surface area contributed by atoms with Crippen LogP contribution < -0.4 is 24.8 Å². The fraction of sp³-hybridized carbons (Fsp3) is 0.250. The number of hydrogen-bond donors (Lipinski definition) is 2. The van der Waals surface area contributed by atoms with E-state index in [-0.39, 0.29) is 23.4 Å². The third kappa shape index (κ3) is 6.40. The molecule has 3 aromatic rings. The maximum Gasteiger partial charge on any atom is 0.413 e. The molecule has 2 amide bonds. The molecule has 1 atom stereocenters. The number of amides is 2. The van der Waals surface area contributed by atoms with Crippen LogP contribution in [0.2, 0.25) is 0 Å². The molecule has 0 saturated heterocycles. The zero-order valence-corrected chi connectivity index (χ0v) is 18.6. The molecular weight excluding hydrogens is 462 g/mol. The number of benzene rings is 2. The predicted molar refractivity (Wildman–Crippen MR) is 119 cm³/mol. The summed E-state index contributed by atoms with van der Waals surface area (Å²) in [6, 6.07) is 12.5. The van der Waals surface area contributed by atoms with Crippen molar-refractivity contribution in [3.8, 4) is 23.0 Å². The number of alkyl halides is 2. The van der Waals surface area contributed by atoms with Gasteiger partial charge >= 0.3 is 12.7 Å². The van der Waals surface area contributed by atoms with E-state index in [0.29, 0.717) is 24.3 Å². The highest BCUT2D eigenvalue weighted by Gasteiger charge is 2.52. The van der Waals surface area contributed by atoms with Gasteiger partial charge in [0, 0.05) is 0 Å². The first-order valence-electron chi connectivity index (χ1n) is 10.7. The maximum absolute atomic E-state index is 12.8. The summed E-state index contributed by atoms with van der Waals surface area (Å²) in [4.78, 5) is 32.5. The molecule has 4 rings (SSSR count). The van der Waals surface area contributed by atoms with Gasteiger partial charge in [-0.3, -0.25) is 4.79 Å². The number of ether oxygens (including phenoxy) is 3. The molecule has 9 nitrogen and oxygen atoms in total. The molecular formula is C24H22F2N4O5. The Balaban J connectivity index is 1.29. The third-order valence-electron chi connectivity index (χ3n) is 5.29. The van der Waals surface area contributed by atoms with Crippen LogP contribution in [-0.4, -0.2) is 34.1 Å². The Morgan fingerprint density at radius 3 is 2.06 bits per heavy atom. The van der Waals surface area contributed by atoms with Gasteiger partial charge in [-0.25, -0.2) is 14.8 Å². The van der Waals surface area contributed by atoms with Gasteiger partial charge in [0.05, 0.1) is 18.4 Å². The van der Waals surface area contributed by atoms with Gasteiger partial charge in [0.2, 0.25) is 5.91 Å². The van der Waals surface area contributed by atoms with E-state index >= 15 is 0 Å². The molecule has 182 valence electrons. The van der Waals surface area contributed by atoms with Crippen molar-refractivity contribution in [1.82, 2.24) is 20.6 Å². The molecule has 1 heterocycles. The van der Waals surface area contributed by atoms with E-state index in [2.05, 4.69) is 25.3 Å². The molecule has 2 N–H and O–H groups in total. The number of carbonyl (C=O) groups is 2. The smallest absolute Gasteiger partial charge is 0.413 e. The van der Waals surface area contributed by atoms with Crippen LogP contribution in [0.4, 0.5) is 13.6 Å². The topological polar surface area (TPSA) is 112 Å². The van der Waals surface area contributed by atoms with E-state index in [1.165, 1.54) is 43.0 Å². The summed E-state index contributed by atoms with van der Waals surface area (Å²) in [5.41, 5.74) is -0.185. The molecule has 11 heteroatoms. The number of hydrogen-bond acceptors (Lipinski definition) is 7. The molecule has 1 aliphatic carbocycles. The SMILES string of the molecule is CC(NC(=O)C1(NC(=O)Oc2cncnc2)CC1)c1ccc(Oc2ccc(OC(F)F)cc2)cc1. The average molecular weight is 484 g/mol. The summed E-state index contributed by atoms with van der Waals surface area (Å²) in [6.45, 7) is -1.06. The number of halogens is 2. The fourth-order valence-electron chi connectivity index (χ4n) is 3.27. The average Bonchev–Trinajstić information content (AvgIpc) is 3.61. The number of carbonyl (C=O) groups excluding carboxylic acids is 2. The summed E-state index contributed by atoms with van der Waals surface area (Å²) in [5, 5.41) is 5.53. The molecule has 35 heavy (non-hydrogen) atoms. The van der Waals surface area contributed by atoms with E-state index in [1.54, 1.807) is 24.3 Å². The van der Waals surface area contributed by atoms with Crippen LogP contribution in [0.3, 0.4) is 0 Å². The lowest BCUT2D eigenvalue weighted by Crippen LogP contribution is -2.50. The Labute approximate surface area is 199 Å². The fourth-order valence-corrected chi connectivity index (χ4v) is 3.27. The molecule has 1 fully saturated rings. The Hall–Kier alpha value is -4.28. The number of nitrogens with zero attached hydrogens (tertiary/aromatic N) is 2. The first kappa shape index (κ1) is 23.9. The lowest BCUT2D eigenvalue weighted by molar-refractivity contribution is -0.124. The van der Waals surface area contributed by atoms with Crippen molar-refractivity contribution >= 4 is 12.0 Å². The number of nitrogens with one attached hydrogen (secondary N) is 2. The lowest BCUT2D eigenvalue weighted by atomic mass is 10.1. The van der Waals surface area contributed by atoms with E-state index in [1.807, 2.05) is 6.92 Å². The molecule has 1 aromatic heterocycles. The summed E-state index contributed by atoms with van der Waals surface area (Å²) in [6.07, 6.45) is 4.25. The van der Waals surface area contributed by atoms with Gasteiger partial charge in [-0.1, -0.05) is 12.1 Å². The molecule has 0 radical (unpaired) electrons. The molecule has 2 aromatic carbocycles. The van der Waals surface area contributed by atoms with E-state index in [4.69, 9.17) is 9.47 Å². The Bertz CT molecular complexity index is 1160. The highest BCUT2D eigenvalue weighted by atomic mass is 19.3. The van der Waals surface area contributed by atoms with E-state index < -0.39 is 18.2 Å². The van der Waals surface area contributed by atoms with Gasteiger partial charge in [-0.15, -0.1) is 0 Å². The summed E-state index contributed by atoms with van der Waals surface area (Å²) < 4.78 is 39.6. The van der Waals surface area contributed by atoms with Gasteiger partial charge in [0.1, 0.15) is 29.1 Å². The number of aromatic nitrogens is 2. The quantitative estimate of drug-likeness (QED) is 0.464. The largest absolute Gasteiger partial charge is 0.457 e. The van der Waals surface area contributed by atoms with Crippen molar-refractivity contribution < 1.29 is 32.6 Å². The van der Waals surface area contributed by atoms with Crippen molar-refractivity contribution in [2.75, 3.05) is 0 Å². The van der Waals surface area contributed by atoms with Crippen LogP contribution >= 0.6 is 0 Å². The van der Waals surface area contributed by atoms with Crippen LogP contribution in [0.5, 0.6) is 23.0 Å². The second-order valence-electron chi connectivity index (χ2n) is 7.89. The van der Waals surface area contributed by atoms with Crippen LogP contribution in [0, 0.1) is 0 Å². The monoisotopic (exact) mass is 484 g/mol. The van der Waals surface area contributed by atoms with Gasteiger partial charge in [-0.2, -0.15) is 8.78 Å². The first-order valence-corrected chi connectivity index (χ1v) is 10.7. The van der Waals surface area contributed by atoms with Crippen molar-refractivity contribution in [3.05, 3.63) is 72.8 Å².